The molecule has 2 rings (SSSR count). The molecule has 1 amide bonds. The fourth-order valence-electron chi connectivity index (χ4n) is 1.65. The van der Waals surface area contributed by atoms with Crippen molar-refractivity contribution in [3.63, 3.8) is 0 Å². The monoisotopic (exact) mass is 287 g/mol. The van der Waals surface area contributed by atoms with Gasteiger partial charge in [-0.2, -0.15) is 4.99 Å². The smallest absolute Gasteiger partial charge is 0.324 e. The van der Waals surface area contributed by atoms with E-state index in [1.807, 2.05) is 4.90 Å². The second-order valence-electron chi connectivity index (χ2n) is 3.78. The van der Waals surface area contributed by atoms with E-state index in [-0.39, 0.29) is 15.2 Å². The molecule has 18 heavy (non-hydrogen) atoms. The molecule has 8 heteroatoms. The van der Waals surface area contributed by atoms with Crippen LogP contribution in [-0.4, -0.2) is 34.1 Å². The van der Waals surface area contributed by atoms with Crippen molar-refractivity contribution in [1.82, 2.24) is 4.90 Å². The third kappa shape index (κ3) is 2.85. The lowest BCUT2D eigenvalue weighted by atomic mass is 10.4. The molecule has 0 aromatic carbocycles. The summed E-state index contributed by atoms with van der Waals surface area (Å²) in [6.07, 6.45) is 2.06. The first kappa shape index (κ1) is 13.0. The SMILES string of the molecule is O=C(N=C(Cl)N1CCCC1)c1ccc([N+](=O)[O-])s1. The Morgan fingerprint density at radius 1 is 1.44 bits per heavy atom. The Hall–Kier alpha value is -1.47. The lowest BCUT2D eigenvalue weighted by Crippen LogP contribution is -2.24. The number of aliphatic imine (C=N–C) groups is 1. The second-order valence-corrected chi connectivity index (χ2v) is 5.18. The minimum atomic E-state index is -0.537. The van der Waals surface area contributed by atoms with E-state index in [1.165, 1.54) is 12.1 Å². The molecule has 6 nitrogen and oxygen atoms in total. The molecule has 96 valence electrons. The Morgan fingerprint density at radius 3 is 2.67 bits per heavy atom. The number of rotatable bonds is 2. The average molecular weight is 288 g/mol. The van der Waals surface area contributed by atoms with E-state index in [0.717, 1.165) is 37.3 Å². The Labute approximate surface area is 112 Å². The summed E-state index contributed by atoms with van der Waals surface area (Å²) in [4.78, 5) is 27.5. The molecule has 0 atom stereocenters. The van der Waals surface area contributed by atoms with E-state index in [4.69, 9.17) is 11.6 Å². The number of halogens is 1. The summed E-state index contributed by atoms with van der Waals surface area (Å²) in [6.45, 7) is 1.58. The highest BCUT2D eigenvalue weighted by molar-refractivity contribution is 7.17. The molecule has 1 saturated heterocycles. The highest BCUT2D eigenvalue weighted by Gasteiger charge is 2.18. The molecule has 1 aromatic rings. The average Bonchev–Trinajstić information content (AvgIpc) is 3.00. The van der Waals surface area contributed by atoms with Crippen molar-refractivity contribution in [2.75, 3.05) is 13.1 Å². The minimum absolute atomic E-state index is 0.0779. The molecular weight excluding hydrogens is 278 g/mol. The zero-order valence-corrected chi connectivity index (χ0v) is 10.9. The van der Waals surface area contributed by atoms with Gasteiger partial charge in [-0.15, -0.1) is 0 Å². The van der Waals surface area contributed by atoms with Crippen molar-refractivity contribution in [2.24, 2.45) is 4.99 Å². The maximum Gasteiger partial charge on any atom is 0.324 e. The summed E-state index contributed by atoms with van der Waals surface area (Å²) in [6, 6.07) is 2.68. The first-order valence-electron chi connectivity index (χ1n) is 5.35. The first-order chi connectivity index (χ1) is 8.58. The quantitative estimate of drug-likeness (QED) is 0.275. The van der Waals surface area contributed by atoms with Gasteiger partial charge >= 0.3 is 5.00 Å². The van der Waals surface area contributed by atoms with Gasteiger partial charge in [0.15, 0.2) is 0 Å². The van der Waals surface area contributed by atoms with Crippen LogP contribution in [0.15, 0.2) is 17.1 Å². The minimum Gasteiger partial charge on any atom is -0.347 e. The topological polar surface area (TPSA) is 75.8 Å². The summed E-state index contributed by atoms with van der Waals surface area (Å²) in [7, 11) is 0. The molecule has 0 radical (unpaired) electrons. The summed E-state index contributed by atoms with van der Waals surface area (Å²) in [5.41, 5.74) is 0. The van der Waals surface area contributed by atoms with Gasteiger partial charge in [0.1, 0.15) is 4.88 Å². The maximum absolute atomic E-state index is 11.7. The highest BCUT2D eigenvalue weighted by atomic mass is 35.5. The molecule has 1 aliphatic heterocycles. The summed E-state index contributed by atoms with van der Waals surface area (Å²) in [5.74, 6) is -0.537. The number of carbonyl (C=O) groups excluding carboxylic acids is 1. The van der Waals surface area contributed by atoms with Crippen LogP contribution in [0.4, 0.5) is 5.00 Å². The molecule has 0 N–H and O–H groups in total. The molecule has 0 unspecified atom stereocenters. The second kappa shape index (κ2) is 5.45. The molecule has 1 aromatic heterocycles. The van der Waals surface area contributed by atoms with Crippen LogP contribution in [-0.2, 0) is 0 Å². The third-order valence-corrected chi connectivity index (χ3v) is 3.89. The summed E-state index contributed by atoms with van der Waals surface area (Å²) in [5, 5.41) is 10.6. The Balaban J connectivity index is 2.10. The Morgan fingerprint density at radius 2 is 2.11 bits per heavy atom. The van der Waals surface area contributed by atoms with E-state index >= 15 is 0 Å². The van der Waals surface area contributed by atoms with Crippen molar-refractivity contribution >= 4 is 39.1 Å². The predicted octanol–water partition coefficient (Wildman–Crippen LogP) is 2.49. The van der Waals surface area contributed by atoms with Gasteiger partial charge in [0.25, 0.3) is 5.91 Å². The highest BCUT2D eigenvalue weighted by Crippen LogP contribution is 2.24. The van der Waals surface area contributed by atoms with Gasteiger partial charge in [-0.3, -0.25) is 14.9 Å². The van der Waals surface area contributed by atoms with Gasteiger partial charge in [-0.05, 0) is 30.5 Å². The van der Waals surface area contributed by atoms with Crippen LogP contribution in [0.2, 0.25) is 0 Å². The van der Waals surface area contributed by atoms with Gasteiger partial charge in [-0.1, -0.05) is 11.3 Å². The molecule has 0 aliphatic carbocycles. The summed E-state index contributed by atoms with van der Waals surface area (Å²) >= 11 is 6.73. The van der Waals surface area contributed by atoms with Crippen molar-refractivity contribution < 1.29 is 9.72 Å². The number of hydrogen-bond donors (Lipinski definition) is 0. The molecule has 2 heterocycles. The van der Waals surface area contributed by atoms with Crippen molar-refractivity contribution in [3.8, 4) is 0 Å². The van der Waals surface area contributed by atoms with Gasteiger partial charge in [0, 0.05) is 19.2 Å². The Kier molecular flexibility index (Phi) is 3.93. The number of amidine groups is 1. The molecule has 0 spiro atoms. The van der Waals surface area contributed by atoms with E-state index < -0.39 is 10.8 Å². The van der Waals surface area contributed by atoms with Crippen molar-refractivity contribution in [1.29, 1.82) is 0 Å². The number of likely N-dealkylation sites (tertiary alicyclic amines) is 1. The van der Waals surface area contributed by atoms with Gasteiger partial charge in [-0.25, -0.2) is 0 Å². The van der Waals surface area contributed by atoms with Crippen LogP contribution in [0.5, 0.6) is 0 Å². The lowest BCUT2D eigenvalue weighted by Gasteiger charge is -2.13. The van der Waals surface area contributed by atoms with Crippen LogP contribution in [0.25, 0.3) is 0 Å². The van der Waals surface area contributed by atoms with E-state index in [1.54, 1.807) is 0 Å². The first-order valence-corrected chi connectivity index (χ1v) is 6.55. The van der Waals surface area contributed by atoms with Crippen LogP contribution in [0.1, 0.15) is 22.5 Å². The predicted molar refractivity (Wildman–Crippen MR) is 69.4 cm³/mol. The van der Waals surface area contributed by atoms with Crippen LogP contribution in [0.3, 0.4) is 0 Å². The molecule has 1 fully saturated rings. The van der Waals surface area contributed by atoms with Crippen molar-refractivity contribution in [2.45, 2.75) is 12.8 Å². The zero-order valence-electron chi connectivity index (χ0n) is 9.34. The van der Waals surface area contributed by atoms with E-state index in [2.05, 4.69) is 4.99 Å². The largest absolute Gasteiger partial charge is 0.347 e. The van der Waals surface area contributed by atoms with E-state index in [9.17, 15) is 14.9 Å². The third-order valence-electron chi connectivity index (χ3n) is 2.54. The van der Waals surface area contributed by atoms with Crippen molar-refractivity contribution in [3.05, 3.63) is 27.1 Å². The Bertz CT molecular complexity index is 508. The normalized spacial score (nSPS) is 16.1. The fraction of sp³-hybridized carbons (Fsp3) is 0.400. The van der Waals surface area contributed by atoms with Crippen LogP contribution in [0, 0.1) is 10.1 Å². The maximum atomic E-state index is 11.7. The standard InChI is InChI=1S/C10H10ClN3O3S/c11-10(13-5-1-2-6-13)12-9(15)7-3-4-8(18-7)14(16)17/h3-4H,1-2,5-6H2. The number of hydrogen-bond acceptors (Lipinski definition) is 4. The molecule has 0 saturated carbocycles. The van der Waals surface area contributed by atoms with E-state index in [0.29, 0.717) is 0 Å². The number of nitrogens with zero attached hydrogens (tertiary/aromatic N) is 3. The van der Waals surface area contributed by atoms with Gasteiger partial charge in [0.2, 0.25) is 5.29 Å². The van der Waals surface area contributed by atoms with Gasteiger partial charge in [0.05, 0.1) is 4.92 Å². The van der Waals surface area contributed by atoms with Crippen LogP contribution >= 0.6 is 22.9 Å². The molecular formula is C10H10ClN3O3S. The number of amides is 1. The lowest BCUT2D eigenvalue weighted by molar-refractivity contribution is -0.380. The zero-order chi connectivity index (χ0) is 13.1. The number of nitro groups is 1. The molecule has 0 bridgehead atoms. The fourth-order valence-corrected chi connectivity index (χ4v) is 2.60. The van der Waals surface area contributed by atoms with Gasteiger partial charge < -0.3 is 4.90 Å². The molecule has 1 aliphatic rings. The number of thiophene rings is 1. The van der Waals surface area contributed by atoms with Crippen LogP contribution < -0.4 is 0 Å². The number of carbonyl (C=O) groups is 1. The summed E-state index contributed by atoms with van der Waals surface area (Å²) < 4.78 is 0.